The zero-order valence-electron chi connectivity index (χ0n) is 10.3. The van der Waals surface area contributed by atoms with Gasteiger partial charge in [-0.25, -0.2) is 0 Å². The second kappa shape index (κ2) is 8.35. The summed E-state index contributed by atoms with van der Waals surface area (Å²) < 4.78 is 16.0. The Morgan fingerprint density at radius 2 is 1.73 bits per heavy atom. The summed E-state index contributed by atoms with van der Waals surface area (Å²) in [5.41, 5.74) is 0. The largest absolute Gasteiger partial charge is 0.500 e. The van der Waals surface area contributed by atoms with Crippen LogP contribution in [0.5, 0.6) is 0 Å². The van der Waals surface area contributed by atoms with E-state index in [9.17, 15) is 0 Å². The van der Waals surface area contributed by atoms with E-state index in [0.717, 1.165) is 18.2 Å². The van der Waals surface area contributed by atoms with Crippen molar-refractivity contribution in [3.8, 4) is 0 Å². The van der Waals surface area contributed by atoms with Crippen LogP contribution in [0.1, 0.15) is 20.3 Å². The highest BCUT2D eigenvalue weighted by molar-refractivity contribution is 8.03. The van der Waals surface area contributed by atoms with Crippen molar-refractivity contribution in [2.75, 3.05) is 27.1 Å². The molecule has 0 rings (SSSR count). The van der Waals surface area contributed by atoms with Gasteiger partial charge in [0.1, 0.15) is 0 Å². The Bertz CT molecular complexity index is 185. The van der Waals surface area contributed by atoms with E-state index in [4.69, 9.17) is 13.3 Å². The normalized spacial score (nSPS) is 13.3. The standard InChI is InChI=1S/C10H22O3SSi/c1-6-10(2)14-8-7-9-15(11-3,12-4)13-5/h6H,7-9H2,1-5H3. The Kier molecular flexibility index (Phi) is 8.46. The summed E-state index contributed by atoms with van der Waals surface area (Å²) in [6.07, 6.45) is 3.18. The van der Waals surface area contributed by atoms with Gasteiger partial charge in [0.15, 0.2) is 0 Å². The predicted octanol–water partition coefficient (Wildman–Crippen LogP) is 2.91. The van der Waals surface area contributed by atoms with Crippen LogP contribution in [-0.4, -0.2) is 35.9 Å². The van der Waals surface area contributed by atoms with Crippen LogP contribution in [0.2, 0.25) is 6.04 Å². The third-order valence-corrected chi connectivity index (χ3v) is 6.31. The molecule has 0 radical (unpaired) electrons. The van der Waals surface area contributed by atoms with E-state index in [-0.39, 0.29) is 0 Å². The van der Waals surface area contributed by atoms with Gasteiger partial charge < -0.3 is 13.3 Å². The molecule has 0 aliphatic rings. The summed E-state index contributed by atoms with van der Waals surface area (Å²) >= 11 is 1.87. The minimum atomic E-state index is -2.33. The zero-order chi connectivity index (χ0) is 11.7. The van der Waals surface area contributed by atoms with Crippen molar-refractivity contribution < 1.29 is 13.3 Å². The number of hydrogen-bond donors (Lipinski definition) is 0. The van der Waals surface area contributed by atoms with Gasteiger partial charge in [-0.05, 0) is 30.9 Å². The van der Waals surface area contributed by atoms with Gasteiger partial charge >= 0.3 is 8.80 Å². The van der Waals surface area contributed by atoms with Gasteiger partial charge in [0, 0.05) is 27.4 Å². The second-order valence-corrected chi connectivity index (χ2v) is 7.58. The first-order chi connectivity index (χ1) is 7.14. The van der Waals surface area contributed by atoms with Crippen molar-refractivity contribution >= 4 is 20.6 Å². The van der Waals surface area contributed by atoms with E-state index in [0.29, 0.717) is 0 Å². The molecular formula is C10H22O3SSi. The van der Waals surface area contributed by atoms with E-state index in [2.05, 4.69) is 19.9 Å². The SMILES string of the molecule is CC=C(C)SCCC[Si](OC)(OC)OC. The van der Waals surface area contributed by atoms with E-state index in [1.54, 1.807) is 21.3 Å². The van der Waals surface area contributed by atoms with Crippen molar-refractivity contribution in [1.82, 2.24) is 0 Å². The zero-order valence-corrected chi connectivity index (χ0v) is 12.1. The van der Waals surface area contributed by atoms with Crippen LogP contribution >= 0.6 is 11.8 Å². The smallest absolute Gasteiger partial charge is 0.377 e. The maximum atomic E-state index is 5.34. The molecule has 0 aromatic rings. The monoisotopic (exact) mass is 250 g/mol. The van der Waals surface area contributed by atoms with E-state index in [1.165, 1.54) is 4.91 Å². The molecule has 0 saturated carbocycles. The highest BCUT2D eigenvalue weighted by atomic mass is 32.2. The van der Waals surface area contributed by atoms with Crippen molar-refractivity contribution in [2.24, 2.45) is 0 Å². The molecule has 0 heterocycles. The lowest BCUT2D eigenvalue weighted by Gasteiger charge is -2.24. The average molecular weight is 250 g/mol. The van der Waals surface area contributed by atoms with E-state index < -0.39 is 8.80 Å². The molecular weight excluding hydrogens is 228 g/mol. The van der Waals surface area contributed by atoms with Crippen LogP contribution in [-0.2, 0) is 13.3 Å². The average Bonchev–Trinajstić information content (AvgIpc) is 2.30. The minimum absolute atomic E-state index is 0.875. The Morgan fingerprint density at radius 1 is 1.20 bits per heavy atom. The number of thioether (sulfide) groups is 1. The molecule has 0 spiro atoms. The lowest BCUT2D eigenvalue weighted by molar-refractivity contribution is 0.123. The van der Waals surface area contributed by atoms with Crippen LogP contribution in [0.4, 0.5) is 0 Å². The highest BCUT2D eigenvalue weighted by Crippen LogP contribution is 2.20. The van der Waals surface area contributed by atoms with Crippen LogP contribution in [0.3, 0.4) is 0 Å². The van der Waals surface area contributed by atoms with Crippen molar-refractivity contribution in [3.05, 3.63) is 11.0 Å². The van der Waals surface area contributed by atoms with Gasteiger partial charge in [-0.1, -0.05) is 6.08 Å². The second-order valence-electron chi connectivity index (χ2n) is 3.15. The first-order valence-corrected chi connectivity index (χ1v) is 7.97. The van der Waals surface area contributed by atoms with Crippen LogP contribution in [0.25, 0.3) is 0 Å². The molecule has 0 aromatic heterocycles. The quantitative estimate of drug-likeness (QED) is 0.489. The van der Waals surface area contributed by atoms with Gasteiger partial charge in [0.2, 0.25) is 0 Å². The van der Waals surface area contributed by atoms with Crippen molar-refractivity contribution in [2.45, 2.75) is 26.3 Å². The maximum absolute atomic E-state index is 5.34. The molecule has 0 saturated heterocycles. The summed E-state index contributed by atoms with van der Waals surface area (Å²) in [6, 6.07) is 0.875. The minimum Gasteiger partial charge on any atom is -0.377 e. The predicted molar refractivity (Wildman–Crippen MR) is 68.1 cm³/mol. The fourth-order valence-corrected chi connectivity index (χ4v) is 3.92. The lowest BCUT2D eigenvalue weighted by atomic mass is 10.6. The van der Waals surface area contributed by atoms with E-state index >= 15 is 0 Å². The molecule has 0 aromatic carbocycles. The molecule has 15 heavy (non-hydrogen) atoms. The fraction of sp³-hybridized carbons (Fsp3) is 0.800. The van der Waals surface area contributed by atoms with Gasteiger partial charge in [-0.2, -0.15) is 0 Å². The molecule has 0 unspecified atom stereocenters. The highest BCUT2D eigenvalue weighted by Gasteiger charge is 2.36. The molecule has 0 N–H and O–H groups in total. The Balaban J connectivity index is 3.81. The summed E-state index contributed by atoms with van der Waals surface area (Å²) in [4.78, 5) is 1.36. The molecule has 0 fully saturated rings. The third kappa shape index (κ3) is 5.72. The topological polar surface area (TPSA) is 27.7 Å². The van der Waals surface area contributed by atoms with Gasteiger partial charge in [-0.3, -0.25) is 0 Å². The Labute approximate surface area is 98.5 Å². The number of hydrogen-bond acceptors (Lipinski definition) is 4. The van der Waals surface area contributed by atoms with Crippen LogP contribution < -0.4 is 0 Å². The number of rotatable bonds is 8. The third-order valence-electron chi connectivity index (χ3n) is 2.30. The molecule has 0 atom stereocenters. The maximum Gasteiger partial charge on any atom is 0.500 e. The Morgan fingerprint density at radius 3 is 2.13 bits per heavy atom. The van der Waals surface area contributed by atoms with E-state index in [1.807, 2.05) is 11.8 Å². The summed E-state index contributed by atoms with van der Waals surface area (Å²) in [5.74, 6) is 1.08. The summed E-state index contributed by atoms with van der Waals surface area (Å²) in [6.45, 7) is 4.18. The first-order valence-electron chi connectivity index (χ1n) is 5.05. The molecule has 90 valence electrons. The van der Waals surface area contributed by atoms with Crippen molar-refractivity contribution in [1.29, 1.82) is 0 Å². The molecule has 0 aliphatic heterocycles. The molecule has 0 aliphatic carbocycles. The molecule has 3 nitrogen and oxygen atoms in total. The van der Waals surface area contributed by atoms with Crippen molar-refractivity contribution in [3.63, 3.8) is 0 Å². The first kappa shape index (κ1) is 15.2. The van der Waals surface area contributed by atoms with Crippen LogP contribution in [0.15, 0.2) is 11.0 Å². The van der Waals surface area contributed by atoms with Gasteiger partial charge in [0.25, 0.3) is 0 Å². The lowest BCUT2D eigenvalue weighted by Crippen LogP contribution is -2.42. The fourth-order valence-electron chi connectivity index (χ4n) is 1.16. The molecule has 5 heteroatoms. The van der Waals surface area contributed by atoms with Gasteiger partial charge in [-0.15, -0.1) is 11.8 Å². The van der Waals surface area contributed by atoms with Gasteiger partial charge in [0.05, 0.1) is 0 Å². The Hall–Kier alpha value is 0.187. The molecule has 0 bridgehead atoms. The summed E-state index contributed by atoms with van der Waals surface area (Å²) in [7, 11) is 2.64. The molecule has 0 amide bonds. The summed E-state index contributed by atoms with van der Waals surface area (Å²) in [5, 5.41) is 0. The van der Waals surface area contributed by atoms with Crippen LogP contribution in [0, 0.1) is 0 Å². The number of allylic oxidation sites excluding steroid dienone is 2.